The van der Waals surface area contributed by atoms with E-state index in [4.69, 9.17) is 10.5 Å². The molecule has 6 heteroatoms. The maximum absolute atomic E-state index is 11.9. The van der Waals surface area contributed by atoms with Crippen LogP contribution in [0, 0.1) is 0 Å². The fourth-order valence-corrected chi connectivity index (χ4v) is 1.80. The van der Waals surface area contributed by atoms with Crippen molar-refractivity contribution in [3.63, 3.8) is 0 Å². The van der Waals surface area contributed by atoms with E-state index in [9.17, 15) is 9.59 Å². The van der Waals surface area contributed by atoms with E-state index in [1.165, 1.54) is 0 Å². The Morgan fingerprint density at radius 3 is 2.35 bits per heavy atom. The molecule has 20 heavy (non-hydrogen) atoms. The summed E-state index contributed by atoms with van der Waals surface area (Å²) in [6.07, 6.45) is 3.51. The Morgan fingerprint density at radius 2 is 1.90 bits per heavy atom. The maximum atomic E-state index is 11.9. The van der Waals surface area contributed by atoms with Gasteiger partial charge in [0.2, 0.25) is 5.91 Å². The molecule has 0 saturated heterocycles. The van der Waals surface area contributed by atoms with Gasteiger partial charge < -0.3 is 15.8 Å². The van der Waals surface area contributed by atoms with Crippen molar-refractivity contribution in [3.8, 4) is 5.75 Å². The summed E-state index contributed by atoms with van der Waals surface area (Å²) in [4.78, 5) is 22.9. The summed E-state index contributed by atoms with van der Waals surface area (Å²) in [6, 6.07) is 6.51. The van der Waals surface area contributed by atoms with Crippen LogP contribution < -0.4 is 15.8 Å². The van der Waals surface area contributed by atoms with Crippen molar-refractivity contribution in [2.24, 2.45) is 5.73 Å². The van der Waals surface area contributed by atoms with Crippen molar-refractivity contribution in [1.82, 2.24) is 0 Å². The van der Waals surface area contributed by atoms with Gasteiger partial charge in [0.15, 0.2) is 0 Å². The molecule has 108 valence electrons. The minimum absolute atomic E-state index is 0. The third kappa shape index (κ3) is 3.59. The van der Waals surface area contributed by atoms with Crippen LogP contribution in [0.2, 0.25) is 0 Å². The van der Waals surface area contributed by atoms with Crippen LogP contribution in [0.25, 0.3) is 0 Å². The van der Waals surface area contributed by atoms with Crippen LogP contribution in [0.1, 0.15) is 19.3 Å². The zero-order chi connectivity index (χ0) is 13.9. The standard InChI is InChI=1S/C14H16N2O3.ClH/c1-2-12(17)19-11-6-4-10(5-7-11)16-13(18)14(15)8-3-9-14;/h2,4-7H,1,3,8-9,15H2,(H,16,18);1H. The van der Waals surface area contributed by atoms with E-state index in [0.29, 0.717) is 24.3 Å². The van der Waals surface area contributed by atoms with Gasteiger partial charge in [-0.15, -0.1) is 12.4 Å². The summed E-state index contributed by atoms with van der Waals surface area (Å²) in [6.45, 7) is 3.31. The first-order chi connectivity index (χ1) is 9.03. The normalized spacial score (nSPS) is 15.2. The topological polar surface area (TPSA) is 81.4 Å². The Labute approximate surface area is 123 Å². The number of benzene rings is 1. The predicted molar refractivity (Wildman–Crippen MR) is 78.9 cm³/mol. The van der Waals surface area contributed by atoms with Crippen LogP contribution in [0.4, 0.5) is 5.69 Å². The summed E-state index contributed by atoms with van der Waals surface area (Å²) in [7, 11) is 0. The second-order valence-corrected chi connectivity index (χ2v) is 4.61. The number of carbonyl (C=O) groups excluding carboxylic acids is 2. The molecule has 0 aliphatic heterocycles. The summed E-state index contributed by atoms with van der Waals surface area (Å²) >= 11 is 0. The molecular weight excluding hydrogens is 280 g/mol. The number of amides is 1. The number of halogens is 1. The molecule has 0 unspecified atom stereocenters. The van der Waals surface area contributed by atoms with Crippen molar-refractivity contribution < 1.29 is 14.3 Å². The lowest BCUT2D eigenvalue weighted by molar-refractivity contribution is -0.129. The van der Waals surface area contributed by atoms with Crippen LogP contribution >= 0.6 is 12.4 Å². The highest BCUT2D eigenvalue weighted by molar-refractivity contribution is 5.98. The Hall–Kier alpha value is -1.85. The smallest absolute Gasteiger partial charge is 0.335 e. The zero-order valence-electron chi connectivity index (χ0n) is 10.9. The van der Waals surface area contributed by atoms with Gasteiger partial charge in [0, 0.05) is 11.8 Å². The molecule has 0 atom stereocenters. The number of nitrogens with one attached hydrogen (secondary N) is 1. The molecule has 0 aromatic heterocycles. The highest BCUT2D eigenvalue weighted by Crippen LogP contribution is 2.30. The molecule has 1 aromatic rings. The highest BCUT2D eigenvalue weighted by atomic mass is 35.5. The van der Waals surface area contributed by atoms with Gasteiger partial charge in [-0.1, -0.05) is 6.58 Å². The number of hydrogen-bond donors (Lipinski definition) is 2. The van der Waals surface area contributed by atoms with E-state index in [0.717, 1.165) is 12.5 Å². The lowest BCUT2D eigenvalue weighted by atomic mass is 9.77. The number of esters is 1. The predicted octanol–water partition coefficient (Wildman–Crippen LogP) is 2.02. The quantitative estimate of drug-likeness (QED) is 0.506. The molecule has 5 nitrogen and oxygen atoms in total. The highest BCUT2D eigenvalue weighted by Gasteiger charge is 2.40. The monoisotopic (exact) mass is 296 g/mol. The minimum atomic E-state index is -0.728. The first-order valence-electron chi connectivity index (χ1n) is 6.08. The number of anilines is 1. The van der Waals surface area contributed by atoms with Crippen LogP contribution in [-0.2, 0) is 9.59 Å². The molecule has 1 aromatic carbocycles. The number of nitrogens with two attached hydrogens (primary N) is 1. The van der Waals surface area contributed by atoms with Gasteiger partial charge in [0.25, 0.3) is 0 Å². The maximum Gasteiger partial charge on any atom is 0.335 e. The van der Waals surface area contributed by atoms with Crippen molar-refractivity contribution in [2.75, 3.05) is 5.32 Å². The van der Waals surface area contributed by atoms with Crippen LogP contribution in [0.15, 0.2) is 36.9 Å². The molecule has 1 fully saturated rings. The molecule has 0 radical (unpaired) electrons. The van der Waals surface area contributed by atoms with E-state index in [-0.39, 0.29) is 18.3 Å². The largest absolute Gasteiger partial charge is 0.423 e. The average Bonchev–Trinajstić information content (AvgIpc) is 2.38. The lowest BCUT2D eigenvalue weighted by Crippen LogP contribution is -2.56. The Balaban J connectivity index is 0.00000200. The van der Waals surface area contributed by atoms with Gasteiger partial charge >= 0.3 is 5.97 Å². The average molecular weight is 297 g/mol. The van der Waals surface area contributed by atoms with Crippen molar-refractivity contribution in [3.05, 3.63) is 36.9 Å². The van der Waals surface area contributed by atoms with Gasteiger partial charge in [-0.2, -0.15) is 0 Å². The Kier molecular flexibility index (Phi) is 5.30. The first kappa shape index (κ1) is 16.2. The van der Waals surface area contributed by atoms with Crippen molar-refractivity contribution in [1.29, 1.82) is 0 Å². The minimum Gasteiger partial charge on any atom is -0.423 e. The molecule has 0 bridgehead atoms. The Morgan fingerprint density at radius 1 is 1.30 bits per heavy atom. The molecule has 1 aliphatic carbocycles. The van der Waals surface area contributed by atoms with E-state index < -0.39 is 11.5 Å². The molecule has 1 saturated carbocycles. The number of ether oxygens (including phenoxy) is 1. The van der Waals surface area contributed by atoms with Gasteiger partial charge in [-0.3, -0.25) is 4.79 Å². The Bertz CT molecular complexity index is 510. The zero-order valence-corrected chi connectivity index (χ0v) is 11.7. The molecule has 2 rings (SSSR count). The second-order valence-electron chi connectivity index (χ2n) is 4.61. The summed E-state index contributed by atoms with van der Waals surface area (Å²) in [5.41, 5.74) is 5.81. The molecule has 1 amide bonds. The second kappa shape index (κ2) is 6.54. The fourth-order valence-electron chi connectivity index (χ4n) is 1.80. The summed E-state index contributed by atoms with van der Waals surface area (Å²) < 4.78 is 4.93. The number of rotatable bonds is 4. The van der Waals surface area contributed by atoms with Gasteiger partial charge in [-0.05, 0) is 43.5 Å². The van der Waals surface area contributed by atoms with Crippen molar-refractivity contribution >= 4 is 30.0 Å². The SMILES string of the molecule is C=CC(=O)Oc1ccc(NC(=O)C2(N)CCC2)cc1.Cl. The lowest BCUT2D eigenvalue weighted by Gasteiger charge is -2.36. The number of carbonyl (C=O) groups is 2. The van der Waals surface area contributed by atoms with E-state index in [1.807, 2.05) is 0 Å². The third-order valence-corrected chi connectivity index (χ3v) is 3.20. The van der Waals surface area contributed by atoms with Crippen LogP contribution in [0.5, 0.6) is 5.75 Å². The van der Waals surface area contributed by atoms with E-state index >= 15 is 0 Å². The van der Waals surface area contributed by atoms with Gasteiger partial charge in [-0.25, -0.2) is 4.79 Å². The summed E-state index contributed by atoms with van der Waals surface area (Å²) in [5, 5.41) is 2.75. The molecular formula is C14H17ClN2O3. The summed E-state index contributed by atoms with van der Waals surface area (Å²) in [5.74, 6) is -0.296. The van der Waals surface area contributed by atoms with Crippen LogP contribution in [0.3, 0.4) is 0 Å². The molecule has 0 spiro atoms. The van der Waals surface area contributed by atoms with Crippen molar-refractivity contribution in [2.45, 2.75) is 24.8 Å². The fraction of sp³-hybridized carbons (Fsp3) is 0.286. The van der Waals surface area contributed by atoms with Gasteiger partial charge in [0.05, 0.1) is 5.54 Å². The van der Waals surface area contributed by atoms with Crippen LogP contribution in [-0.4, -0.2) is 17.4 Å². The van der Waals surface area contributed by atoms with E-state index in [2.05, 4.69) is 11.9 Å². The molecule has 1 aliphatic rings. The first-order valence-corrected chi connectivity index (χ1v) is 6.08. The van der Waals surface area contributed by atoms with Gasteiger partial charge in [0.1, 0.15) is 5.75 Å². The number of hydrogen-bond acceptors (Lipinski definition) is 4. The molecule has 3 N–H and O–H groups in total. The third-order valence-electron chi connectivity index (χ3n) is 3.20. The molecule has 0 heterocycles. The van der Waals surface area contributed by atoms with E-state index in [1.54, 1.807) is 24.3 Å².